The summed E-state index contributed by atoms with van der Waals surface area (Å²) in [7, 11) is 0. The molecule has 0 aliphatic carbocycles. The average Bonchev–Trinajstić information content (AvgIpc) is 2.16. The highest BCUT2D eigenvalue weighted by Crippen LogP contribution is 2.30. The van der Waals surface area contributed by atoms with Crippen LogP contribution in [0.4, 0.5) is 0 Å². The minimum absolute atomic E-state index is 0.573. The van der Waals surface area contributed by atoms with Gasteiger partial charge in [0.05, 0.1) is 0 Å². The average molecular weight is 262 g/mol. The van der Waals surface area contributed by atoms with Gasteiger partial charge in [0.2, 0.25) is 0 Å². The van der Waals surface area contributed by atoms with Crippen LogP contribution in [0.15, 0.2) is 22.7 Å². The van der Waals surface area contributed by atoms with Gasteiger partial charge >= 0.3 is 0 Å². The Morgan fingerprint density at radius 1 is 1.46 bits per heavy atom. The zero-order chi connectivity index (χ0) is 9.84. The van der Waals surface area contributed by atoms with E-state index in [0.29, 0.717) is 11.8 Å². The maximum Gasteiger partial charge on any atom is 0.0477 e. The summed E-state index contributed by atoms with van der Waals surface area (Å²) >= 11 is 9.45. The van der Waals surface area contributed by atoms with Gasteiger partial charge < -0.3 is 0 Å². The van der Waals surface area contributed by atoms with E-state index in [1.54, 1.807) is 0 Å². The van der Waals surface area contributed by atoms with Crippen molar-refractivity contribution >= 4 is 27.5 Å². The van der Waals surface area contributed by atoms with E-state index in [-0.39, 0.29) is 0 Å². The third kappa shape index (κ3) is 2.47. The standard InChI is InChI=1S/C11H14BrCl/c1-3-8(2)11-9(7-13)5-4-6-10(11)12/h4-6,8H,3,7H2,1-2H3. The second kappa shape index (κ2) is 5.02. The first-order chi connectivity index (χ1) is 6.20. The number of hydrogen-bond donors (Lipinski definition) is 0. The van der Waals surface area contributed by atoms with Crippen molar-refractivity contribution in [1.82, 2.24) is 0 Å². The quantitative estimate of drug-likeness (QED) is 0.692. The van der Waals surface area contributed by atoms with Gasteiger partial charge in [0.1, 0.15) is 0 Å². The van der Waals surface area contributed by atoms with Crippen molar-refractivity contribution in [1.29, 1.82) is 0 Å². The highest BCUT2D eigenvalue weighted by atomic mass is 79.9. The molecule has 72 valence electrons. The van der Waals surface area contributed by atoms with E-state index in [9.17, 15) is 0 Å². The third-order valence-corrected chi connectivity index (χ3v) is 3.37. The zero-order valence-corrected chi connectivity index (χ0v) is 10.3. The van der Waals surface area contributed by atoms with E-state index in [4.69, 9.17) is 11.6 Å². The summed E-state index contributed by atoms with van der Waals surface area (Å²) in [5, 5.41) is 0. The lowest BCUT2D eigenvalue weighted by molar-refractivity contribution is 0.723. The van der Waals surface area contributed by atoms with Gasteiger partial charge in [-0.1, -0.05) is 41.9 Å². The minimum atomic E-state index is 0.573. The Morgan fingerprint density at radius 3 is 2.69 bits per heavy atom. The van der Waals surface area contributed by atoms with Gasteiger partial charge in [-0.3, -0.25) is 0 Å². The molecule has 1 aromatic carbocycles. The normalized spacial score (nSPS) is 12.9. The number of benzene rings is 1. The molecule has 0 heterocycles. The monoisotopic (exact) mass is 260 g/mol. The first kappa shape index (κ1) is 11.1. The molecule has 0 saturated heterocycles. The Hall–Kier alpha value is -0.0100. The molecule has 0 aromatic heterocycles. The minimum Gasteiger partial charge on any atom is -0.122 e. The molecule has 0 nitrogen and oxygen atoms in total. The lowest BCUT2D eigenvalue weighted by Crippen LogP contribution is -1.98. The highest BCUT2D eigenvalue weighted by molar-refractivity contribution is 9.10. The predicted molar refractivity (Wildman–Crippen MR) is 62.4 cm³/mol. The van der Waals surface area contributed by atoms with Crippen LogP contribution >= 0.6 is 27.5 Å². The first-order valence-corrected chi connectivity index (χ1v) is 5.86. The van der Waals surface area contributed by atoms with Gasteiger partial charge in [-0.25, -0.2) is 0 Å². The van der Waals surface area contributed by atoms with Crippen molar-refractivity contribution in [2.24, 2.45) is 0 Å². The van der Waals surface area contributed by atoms with E-state index in [1.807, 2.05) is 6.07 Å². The van der Waals surface area contributed by atoms with E-state index in [1.165, 1.54) is 15.6 Å². The van der Waals surface area contributed by atoms with E-state index < -0.39 is 0 Å². The SMILES string of the molecule is CCC(C)c1c(Br)cccc1CCl. The highest BCUT2D eigenvalue weighted by Gasteiger charge is 2.11. The lowest BCUT2D eigenvalue weighted by atomic mass is 9.94. The van der Waals surface area contributed by atoms with Gasteiger partial charge in [-0.2, -0.15) is 0 Å². The molecule has 1 atom stereocenters. The smallest absolute Gasteiger partial charge is 0.0477 e. The van der Waals surface area contributed by atoms with Gasteiger partial charge in [0.15, 0.2) is 0 Å². The van der Waals surface area contributed by atoms with Gasteiger partial charge in [0.25, 0.3) is 0 Å². The van der Waals surface area contributed by atoms with Crippen molar-refractivity contribution < 1.29 is 0 Å². The van der Waals surface area contributed by atoms with E-state index in [2.05, 4.69) is 41.9 Å². The van der Waals surface area contributed by atoms with Crippen LogP contribution in [-0.2, 0) is 5.88 Å². The summed E-state index contributed by atoms with van der Waals surface area (Å²) in [6, 6.07) is 6.21. The van der Waals surface area contributed by atoms with Crippen molar-refractivity contribution in [3.05, 3.63) is 33.8 Å². The third-order valence-electron chi connectivity index (χ3n) is 2.39. The molecular weight excluding hydrogens is 247 g/mol. The van der Waals surface area contributed by atoms with Crippen LogP contribution in [0.2, 0.25) is 0 Å². The maximum atomic E-state index is 5.88. The molecule has 0 spiro atoms. The summed E-state index contributed by atoms with van der Waals surface area (Å²) < 4.78 is 1.18. The second-order valence-corrected chi connectivity index (χ2v) is 4.38. The predicted octanol–water partition coefficient (Wildman–Crippen LogP) is 4.70. The Balaban J connectivity index is 3.14. The molecule has 0 radical (unpaired) electrons. The Bertz CT molecular complexity index is 283. The van der Waals surface area contributed by atoms with Crippen LogP contribution < -0.4 is 0 Å². The Morgan fingerprint density at radius 2 is 2.15 bits per heavy atom. The fourth-order valence-corrected chi connectivity index (χ4v) is 2.49. The van der Waals surface area contributed by atoms with Crippen molar-refractivity contribution in [2.75, 3.05) is 0 Å². The fourth-order valence-electron chi connectivity index (χ4n) is 1.45. The van der Waals surface area contributed by atoms with E-state index >= 15 is 0 Å². The Labute approximate surface area is 93.4 Å². The summed E-state index contributed by atoms with van der Waals surface area (Å²) in [6.07, 6.45) is 1.15. The molecular formula is C11H14BrCl. The topological polar surface area (TPSA) is 0 Å². The summed E-state index contributed by atoms with van der Waals surface area (Å²) in [5.41, 5.74) is 2.60. The van der Waals surface area contributed by atoms with Crippen LogP contribution in [0.3, 0.4) is 0 Å². The lowest BCUT2D eigenvalue weighted by Gasteiger charge is -2.15. The van der Waals surface area contributed by atoms with Crippen molar-refractivity contribution in [2.45, 2.75) is 32.1 Å². The molecule has 0 saturated carbocycles. The van der Waals surface area contributed by atoms with Crippen LogP contribution in [0.25, 0.3) is 0 Å². The molecule has 0 fully saturated rings. The maximum absolute atomic E-state index is 5.88. The van der Waals surface area contributed by atoms with Crippen molar-refractivity contribution in [3.63, 3.8) is 0 Å². The van der Waals surface area contributed by atoms with Crippen LogP contribution in [0.5, 0.6) is 0 Å². The summed E-state index contributed by atoms with van der Waals surface area (Å²) in [5.74, 6) is 1.17. The van der Waals surface area contributed by atoms with Crippen molar-refractivity contribution in [3.8, 4) is 0 Å². The van der Waals surface area contributed by atoms with Gasteiger partial charge in [-0.05, 0) is 29.5 Å². The largest absolute Gasteiger partial charge is 0.122 e. The molecule has 0 N–H and O–H groups in total. The van der Waals surface area contributed by atoms with Gasteiger partial charge in [0, 0.05) is 10.4 Å². The van der Waals surface area contributed by atoms with Crippen LogP contribution in [0.1, 0.15) is 37.3 Å². The number of halogens is 2. The fraction of sp³-hybridized carbons (Fsp3) is 0.455. The molecule has 1 rings (SSSR count). The molecule has 1 aromatic rings. The van der Waals surface area contributed by atoms with Gasteiger partial charge in [-0.15, -0.1) is 11.6 Å². The molecule has 1 unspecified atom stereocenters. The molecule has 0 aliphatic rings. The first-order valence-electron chi connectivity index (χ1n) is 4.54. The Kier molecular flexibility index (Phi) is 4.27. The molecule has 0 bridgehead atoms. The molecule has 13 heavy (non-hydrogen) atoms. The number of rotatable bonds is 3. The zero-order valence-electron chi connectivity index (χ0n) is 7.98. The van der Waals surface area contributed by atoms with Crippen LogP contribution in [0, 0.1) is 0 Å². The molecule has 0 aliphatic heterocycles. The number of hydrogen-bond acceptors (Lipinski definition) is 0. The molecule has 0 amide bonds. The number of alkyl halides is 1. The summed E-state index contributed by atoms with van der Waals surface area (Å²) in [4.78, 5) is 0. The van der Waals surface area contributed by atoms with E-state index in [0.717, 1.165) is 6.42 Å². The summed E-state index contributed by atoms with van der Waals surface area (Å²) in [6.45, 7) is 4.43. The van der Waals surface area contributed by atoms with Crippen LogP contribution in [-0.4, -0.2) is 0 Å². The molecule has 2 heteroatoms. The second-order valence-electron chi connectivity index (χ2n) is 3.26.